The van der Waals surface area contributed by atoms with Gasteiger partial charge in [0.05, 0.1) is 12.6 Å². The van der Waals surface area contributed by atoms with Crippen LogP contribution in [0.1, 0.15) is 25.7 Å². The minimum absolute atomic E-state index is 0.552. The zero-order chi connectivity index (χ0) is 8.81. The van der Waals surface area contributed by atoms with Crippen molar-refractivity contribution in [3.63, 3.8) is 0 Å². The summed E-state index contributed by atoms with van der Waals surface area (Å²) in [5.74, 6) is 0. The number of nitriles is 1. The third kappa shape index (κ3) is 2.35. The first-order valence-electron chi connectivity index (χ1n) is 4.60. The Morgan fingerprint density at radius 2 is 2.17 bits per heavy atom. The predicted octanol–water partition coefficient (Wildman–Crippen LogP) is 1.94. The molecule has 0 aromatic heterocycles. The summed E-state index contributed by atoms with van der Waals surface area (Å²) in [7, 11) is 0. The van der Waals surface area contributed by atoms with Crippen molar-refractivity contribution in [2.75, 3.05) is 13.1 Å². The van der Waals surface area contributed by atoms with Gasteiger partial charge in [0.15, 0.2) is 0 Å². The van der Waals surface area contributed by atoms with Gasteiger partial charge < -0.3 is 0 Å². The summed E-state index contributed by atoms with van der Waals surface area (Å²) in [4.78, 5) is 2.22. The minimum atomic E-state index is 0.552. The quantitative estimate of drug-likeness (QED) is 0.469. The summed E-state index contributed by atoms with van der Waals surface area (Å²) < 4.78 is 0. The molecule has 0 aromatic rings. The molecule has 0 aromatic carbocycles. The summed E-state index contributed by atoms with van der Waals surface area (Å²) in [5, 5.41) is 8.60. The molecule has 0 heterocycles. The molecule has 66 valence electrons. The van der Waals surface area contributed by atoms with Crippen LogP contribution in [0.5, 0.6) is 0 Å². The van der Waals surface area contributed by atoms with Gasteiger partial charge in [-0.15, -0.1) is 6.58 Å². The molecular formula is C10H16N2. The maximum absolute atomic E-state index is 8.60. The highest BCUT2D eigenvalue weighted by atomic mass is 15.1. The van der Waals surface area contributed by atoms with Crippen LogP contribution in [0.15, 0.2) is 12.7 Å². The average Bonchev–Trinajstić information content (AvgIpc) is 2.56. The summed E-state index contributed by atoms with van der Waals surface area (Å²) in [6, 6.07) is 2.85. The second-order valence-electron chi connectivity index (χ2n) is 3.31. The lowest BCUT2D eigenvalue weighted by atomic mass is 10.2. The highest BCUT2D eigenvalue weighted by Crippen LogP contribution is 2.22. The highest BCUT2D eigenvalue weighted by molar-refractivity contribution is 4.88. The van der Waals surface area contributed by atoms with Crippen LogP contribution >= 0.6 is 0 Å². The Bertz CT molecular complexity index is 175. The van der Waals surface area contributed by atoms with Crippen LogP contribution in [0.3, 0.4) is 0 Å². The van der Waals surface area contributed by atoms with E-state index in [0.29, 0.717) is 12.6 Å². The average molecular weight is 164 g/mol. The lowest BCUT2D eigenvalue weighted by molar-refractivity contribution is 0.246. The van der Waals surface area contributed by atoms with Crippen molar-refractivity contribution in [3.05, 3.63) is 12.7 Å². The van der Waals surface area contributed by atoms with E-state index in [0.717, 1.165) is 6.54 Å². The minimum Gasteiger partial charge on any atom is -0.284 e. The van der Waals surface area contributed by atoms with Gasteiger partial charge in [-0.25, -0.2) is 0 Å². The molecule has 1 fully saturated rings. The SMILES string of the molecule is C=CCN(CC#N)C1CCCC1. The van der Waals surface area contributed by atoms with Crippen molar-refractivity contribution < 1.29 is 0 Å². The fraction of sp³-hybridized carbons (Fsp3) is 0.700. The van der Waals surface area contributed by atoms with E-state index < -0.39 is 0 Å². The monoisotopic (exact) mass is 164 g/mol. The van der Waals surface area contributed by atoms with Crippen molar-refractivity contribution >= 4 is 0 Å². The highest BCUT2D eigenvalue weighted by Gasteiger charge is 2.20. The third-order valence-electron chi connectivity index (χ3n) is 2.48. The molecule has 0 spiro atoms. The van der Waals surface area contributed by atoms with Gasteiger partial charge in [0.2, 0.25) is 0 Å². The molecule has 1 aliphatic carbocycles. The molecule has 0 atom stereocenters. The number of hydrogen-bond donors (Lipinski definition) is 0. The van der Waals surface area contributed by atoms with Crippen LogP contribution in [-0.2, 0) is 0 Å². The third-order valence-corrected chi connectivity index (χ3v) is 2.48. The van der Waals surface area contributed by atoms with Gasteiger partial charge in [-0.3, -0.25) is 4.90 Å². The molecule has 0 amide bonds. The fourth-order valence-corrected chi connectivity index (χ4v) is 1.87. The van der Waals surface area contributed by atoms with E-state index in [1.54, 1.807) is 0 Å². The molecule has 2 nitrogen and oxygen atoms in total. The van der Waals surface area contributed by atoms with Crippen molar-refractivity contribution in [2.45, 2.75) is 31.7 Å². The summed E-state index contributed by atoms with van der Waals surface area (Å²) in [6.07, 6.45) is 7.05. The molecule has 0 bridgehead atoms. The Morgan fingerprint density at radius 3 is 2.67 bits per heavy atom. The molecule has 2 heteroatoms. The fourth-order valence-electron chi connectivity index (χ4n) is 1.87. The number of hydrogen-bond acceptors (Lipinski definition) is 2. The Kier molecular flexibility index (Phi) is 3.83. The second kappa shape index (κ2) is 4.95. The zero-order valence-electron chi connectivity index (χ0n) is 7.50. The first-order valence-corrected chi connectivity index (χ1v) is 4.60. The molecule has 0 radical (unpaired) electrons. The van der Waals surface area contributed by atoms with E-state index >= 15 is 0 Å². The lowest BCUT2D eigenvalue weighted by Gasteiger charge is -2.24. The molecule has 0 N–H and O–H groups in total. The van der Waals surface area contributed by atoms with Crippen LogP contribution in [0.4, 0.5) is 0 Å². The van der Waals surface area contributed by atoms with Gasteiger partial charge in [-0.1, -0.05) is 18.9 Å². The van der Waals surface area contributed by atoms with Crippen molar-refractivity contribution in [2.24, 2.45) is 0 Å². The number of nitrogens with zero attached hydrogens (tertiary/aromatic N) is 2. The molecule has 0 saturated heterocycles. The maximum atomic E-state index is 8.60. The second-order valence-corrected chi connectivity index (χ2v) is 3.31. The van der Waals surface area contributed by atoms with Crippen molar-refractivity contribution in [1.29, 1.82) is 5.26 Å². The number of rotatable bonds is 4. The van der Waals surface area contributed by atoms with Gasteiger partial charge >= 0.3 is 0 Å². The molecule has 1 saturated carbocycles. The van der Waals surface area contributed by atoms with Crippen LogP contribution in [0, 0.1) is 11.3 Å². The van der Waals surface area contributed by atoms with Crippen LogP contribution < -0.4 is 0 Å². The lowest BCUT2D eigenvalue weighted by Crippen LogP contribution is -2.33. The molecule has 1 aliphatic rings. The van der Waals surface area contributed by atoms with E-state index in [4.69, 9.17) is 5.26 Å². The van der Waals surface area contributed by atoms with Crippen LogP contribution in [0.25, 0.3) is 0 Å². The normalized spacial score (nSPS) is 18.0. The van der Waals surface area contributed by atoms with Gasteiger partial charge in [0, 0.05) is 12.6 Å². The van der Waals surface area contributed by atoms with E-state index in [2.05, 4.69) is 17.5 Å². The summed E-state index contributed by atoms with van der Waals surface area (Å²) in [6.45, 7) is 5.11. The summed E-state index contributed by atoms with van der Waals surface area (Å²) in [5.41, 5.74) is 0. The van der Waals surface area contributed by atoms with E-state index in [1.165, 1.54) is 25.7 Å². The molecular weight excluding hydrogens is 148 g/mol. The largest absolute Gasteiger partial charge is 0.284 e. The molecule has 1 rings (SSSR count). The van der Waals surface area contributed by atoms with Crippen molar-refractivity contribution in [1.82, 2.24) is 4.90 Å². The molecule has 0 aliphatic heterocycles. The Balaban J connectivity index is 2.40. The molecule has 0 unspecified atom stereocenters. The van der Waals surface area contributed by atoms with E-state index in [-0.39, 0.29) is 0 Å². The zero-order valence-corrected chi connectivity index (χ0v) is 7.50. The topological polar surface area (TPSA) is 27.0 Å². The van der Waals surface area contributed by atoms with E-state index in [9.17, 15) is 0 Å². The van der Waals surface area contributed by atoms with Gasteiger partial charge in [0.1, 0.15) is 0 Å². The summed E-state index contributed by atoms with van der Waals surface area (Å²) >= 11 is 0. The maximum Gasteiger partial charge on any atom is 0.0871 e. The van der Waals surface area contributed by atoms with Crippen LogP contribution in [-0.4, -0.2) is 24.0 Å². The molecule has 12 heavy (non-hydrogen) atoms. The standard InChI is InChI=1S/C10H16N2/c1-2-8-12(9-7-11)10-5-3-4-6-10/h2,10H,1,3-6,8-9H2. The van der Waals surface area contributed by atoms with Gasteiger partial charge in [-0.05, 0) is 12.8 Å². The first kappa shape index (κ1) is 9.28. The van der Waals surface area contributed by atoms with Crippen LogP contribution in [0.2, 0.25) is 0 Å². The first-order chi connectivity index (χ1) is 5.88. The smallest absolute Gasteiger partial charge is 0.0871 e. The van der Waals surface area contributed by atoms with Gasteiger partial charge in [-0.2, -0.15) is 5.26 Å². The van der Waals surface area contributed by atoms with Crippen molar-refractivity contribution in [3.8, 4) is 6.07 Å². The predicted molar refractivity (Wildman–Crippen MR) is 49.6 cm³/mol. The Labute approximate surface area is 74.5 Å². The Hall–Kier alpha value is -0.810. The van der Waals surface area contributed by atoms with Gasteiger partial charge in [0.25, 0.3) is 0 Å². The van der Waals surface area contributed by atoms with E-state index in [1.807, 2.05) is 6.08 Å². The Morgan fingerprint density at radius 1 is 1.50 bits per heavy atom.